The third-order valence-corrected chi connectivity index (χ3v) is 1.90. The van der Waals surface area contributed by atoms with Gasteiger partial charge in [-0.2, -0.15) is 0 Å². The predicted molar refractivity (Wildman–Crippen MR) is 67.8 cm³/mol. The van der Waals surface area contributed by atoms with Crippen LogP contribution in [0, 0.1) is 11.8 Å². The second-order valence-corrected chi connectivity index (χ2v) is 3.87. The van der Waals surface area contributed by atoms with Gasteiger partial charge in [-0.3, -0.25) is 4.79 Å². The number of ether oxygens (including phenoxy) is 1. The van der Waals surface area contributed by atoms with Gasteiger partial charge in [-0.05, 0) is 26.0 Å². The Balaban J connectivity index is 2.72. The lowest BCUT2D eigenvalue weighted by molar-refractivity contribution is -0.118. The molecule has 0 fully saturated rings. The van der Waals surface area contributed by atoms with Gasteiger partial charge in [0.15, 0.2) is 0 Å². The number of benzene rings is 1. The maximum absolute atomic E-state index is 10.7. The van der Waals surface area contributed by atoms with Crippen molar-refractivity contribution in [3.63, 3.8) is 0 Å². The van der Waals surface area contributed by atoms with Gasteiger partial charge >= 0.3 is 0 Å². The highest BCUT2D eigenvalue weighted by molar-refractivity contribution is 5.73. The van der Waals surface area contributed by atoms with Crippen LogP contribution in [0.1, 0.15) is 26.3 Å². The van der Waals surface area contributed by atoms with Gasteiger partial charge in [0.2, 0.25) is 5.91 Å². The normalized spacial score (nSPS) is 9.41. The molecule has 17 heavy (non-hydrogen) atoms. The highest BCUT2D eigenvalue weighted by atomic mass is 16.5. The van der Waals surface area contributed by atoms with Crippen LogP contribution >= 0.6 is 0 Å². The summed E-state index contributed by atoms with van der Waals surface area (Å²) in [6, 6.07) is 7.62. The van der Waals surface area contributed by atoms with Crippen molar-refractivity contribution >= 4 is 5.91 Å². The molecule has 0 unspecified atom stereocenters. The molecule has 1 rings (SSSR count). The van der Waals surface area contributed by atoms with Crippen LogP contribution in [0.25, 0.3) is 0 Å². The highest BCUT2D eigenvalue weighted by Crippen LogP contribution is 2.17. The summed E-state index contributed by atoms with van der Waals surface area (Å²) in [6.45, 7) is 5.77. The number of para-hydroxylation sites is 1. The zero-order chi connectivity index (χ0) is 12.7. The van der Waals surface area contributed by atoms with Gasteiger partial charge in [-0.1, -0.05) is 24.0 Å². The number of hydrogen-bond donors (Lipinski definition) is 1. The molecule has 1 aromatic carbocycles. The van der Waals surface area contributed by atoms with E-state index in [1.54, 1.807) is 0 Å². The number of nitrogens with one attached hydrogen (secondary N) is 1. The van der Waals surface area contributed by atoms with Gasteiger partial charge in [0, 0.05) is 6.92 Å². The Hall–Kier alpha value is -1.95. The Labute approximate surface area is 102 Å². The maximum Gasteiger partial charge on any atom is 0.217 e. The van der Waals surface area contributed by atoms with E-state index in [0.29, 0.717) is 6.54 Å². The van der Waals surface area contributed by atoms with E-state index in [0.717, 1.165) is 11.3 Å². The fourth-order valence-electron chi connectivity index (χ4n) is 1.23. The van der Waals surface area contributed by atoms with Gasteiger partial charge in [0.25, 0.3) is 0 Å². The summed E-state index contributed by atoms with van der Waals surface area (Å²) >= 11 is 0. The fourth-order valence-corrected chi connectivity index (χ4v) is 1.23. The summed E-state index contributed by atoms with van der Waals surface area (Å²) in [6.07, 6.45) is 0.119. The topological polar surface area (TPSA) is 38.3 Å². The first-order valence-electron chi connectivity index (χ1n) is 5.58. The van der Waals surface area contributed by atoms with Crippen LogP contribution in [0.15, 0.2) is 24.3 Å². The summed E-state index contributed by atoms with van der Waals surface area (Å²) in [4.78, 5) is 10.7. The lowest BCUT2D eigenvalue weighted by atomic mass is 10.2. The van der Waals surface area contributed by atoms with E-state index in [2.05, 4.69) is 17.2 Å². The van der Waals surface area contributed by atoms with Crippen molar-refractivity contribution in [2.24, 2.45) is 0 Å². The van der Waals surface area contributed by atoms with E-state index in [1.165, 1.54) is 6.92 Å². The quantitative estimate of drug-likeness (QED) is 0.808. The fraction of sp³-hybridized carbons (Fsp3) is 0.357. The number of carbonyl (C=O) groups is 1. The largest absolute Gasteiger partial charge is 0.490 e. The molecular formula is C14H17NO2. The number of rotatable bonds is 3. The predicted octanol–water partition coefficient (Wildman–Crippen LogP) is 1.96. The first kappa shape index (κ1) is 13.1. The zero-order valence-electron chi connectivity index (χ0n) is 10.4. The molecule has 0 saturated heterocycles. The molecule has 0 aromatic heterocycles. The van der Waals surface area contributed by atoms with Gasteiger partial charge < -0.3 is 10.1 Å². The van der Waals surface area contributed by atoms with Crippen molar-refractivity contribution in [3.05, 3.63) is 29.8 Å². The van der Waals surface area contributed by atoms with Crippen LogP contribution < -0.4 is 10.1 Å². The van der Waals surface area contributed by atoms with Crippen molar-refractivity contribution in [3.8, 4) is 17.6 Å². The SMILES string of the molecule is CC(=O)NCC#Cc1ccccc1OC(C)C. The molecule has 0 aliphatic rings. The van der Waals surface area contributed by atoms with Gasteiger partial charge in [0.05, 0.1) is 18.2 Å². The van der Waals surface area contributed by atoms with Crippen LogP contribution in [0.4, 0.5) is 0 Å². The molecule has 0 spiro atoms. The molecule has 0 bridgehead atoms. The van der Waals surface area contributed by atoms with Gasteiger partial charge in [0.1, 0.15) is 5.75 Å². The highest BCUT2D eigenvalue weighted by Gasteiger charge is 2.01. The summed E-state index contributed by atoms with van der Waals surface area (Å²) in [5.74, 6) is 6.57. The second-order valence-electron chi connectivity index (χ2n) is 3.87. The summed E-state index contributed by atoms with van der Waals surface area (Å²) in [5.41, 5.74) is 0.839. The van der Waals surface area contributed by atoms with Crippen LogP contribution in [0.5, 0.6) is 5.75 Å². The second kappa shape index (κ2) is 6.59. The molecule has 3 nitrogen and oxygen atoms in total. The molecule has 3 heteroatoms. The van der Waals surface area contributed by atoms with Gasteiger partial charge in [-0.15, -0.1) is 0 Å². The Morgan fingerprint density at radius 1 is 1.41 bits per heavy atom. The molecule has 1 aromatic rings. The molecule has 0 aliphatic heterocycles. The molecule has 1 amide bonds. The molecule has 0 saturated carbocycles. The molecule has 0 heterocycles. The summed E-state index contributed by atoms with van der Waals surface area (Å²) < 4.78 is 5.63. The minimum Gasteiger partial charge on any atom is -0.490 e. The van der Waals surface area contributed by atoms with Gasteiger partial charge in [-0.25, -0.2) is 0 Å². The number of hydrogen-bond acceptors (Lipinski definition) is 2. The molecule has 0 radical (unpaired) electrons. The molecule has 0 aliphatic carbocycles. The minimum atomic E-state index is -0.0778. The van der Waals surface area contributed by atoms with Crippen LogP contribution in [0.3, 0.4) is 0 Å². The average molecular weight is 231 g/mol. The van der Waals surface area contributed by atoms with Crippen LogP contribution in [0.2, 0.25) is 0 Å². The van der Waals surface area contributed by atoms with Crippen molar-refractivity contribution in [1.29, 1.82) is 0 Å². The maximum atomic E-state index is 10.7. The lowest BCUT2D eigenvalue weighted by Gasteiger charge is -2.10. The van der Waals surface area contributed by atoms with E-state index in [4.69, 9.17) is 4.74 Å². The first-order valence-corrected chi connectivity index (χ1v) is 5.58. The first-order chi connectivity index (χ1) is 8.09. The monoisotopic (exact) mass is 231 g/mol. The van der Waals surface area contributed by atoms with E-state index in [-0.39, 0.29) is 12.0 Å². The Bertz CT molecular complexity index is 441. The Kier molecular flexibility index (Phi) is 5.09. The van der Waals surface area contributed by atoms with E-state index >= 15 is 0 Å². The van der Waals surface area contributed by atoms with Crippen LogP contribution in [-0.4, -0.2) is 18.6 Å². The van der Waals surface area contributed by atoms with Crippen molar-refractivity contribution in [1.82, 2.24) is 5.32 Å². The summed E-state index contributed by atoms with van der Waals surface area (Å²) in [7, 11) is 0. The van der Waals surface area contributed by atoms with E-state index < -0.39 is 0 Å². The molecule has 90 valence electrons. The van der Waals surface area contributed by atoms with E-state index in [9.17, 15) is 4.79 Å². The molecule has 1 N–H and O–H groups in total. The Morgan fingerprint density at radius 2 is 2.12 bits per heavy atom. The number of carbonyl (C=O) groups excluding carboxylic acids is 1. The smallest absolute Gasteiger partial charge is 0.217 e. The van der Waals surface area contributed by atoms with Crippen molar-refractivity contribution in [2.75, 3.05) is 6.54 Å². The summed E-state index contributed by atoms with van der Waals surface area (Å²) in [5, 5.41) is 2.62. The van der Waals surface area contributed by atoms with Crippen molar-refractivity contribution < 1.29 is 9.53 Å². The van der Waals surface area contributed by atoms with Crippen LogP contribution in [-0.2, 0) is 4.79 Å². The molecular weight excluding hydrogens is 214 g/mol. The van der Waals surface area contributed by atoms with Crippen molar-refractivity contribution in [2.45, 2.75) is 26.9 Å². The third-order valence-electron chi connectivity index (χ3n) is 1.90. The lowest BCUT2D eigenvalue weighted by Crippen LogP contribution is -2.19. The average Bonchev–Trinajstić information content (AvgIpc) is 2.25. The molecule has 0 atom stereocenters. The standard InChI is InChI=1S/C14H17NO2/c1-11(2)17-14-9-5-4-7-13(14)8-6-10-15-12(3)16/h4-5,7,9,11H,10H2,1-3H3,(H,15,16). The number of amides is 1. The Morgan fingerprint density at radius 3 is 2.76 bits per heavy atom. The minimum absolute atomic E-state index is 0.0778. The van der Waals surface area contributed by atoms with E-state index in [1.807, 2.05) is 38.1 Å². The third kappa shape index (κ3) is 5.07. The zero-order valence-corrected chi connectivity index (χ0v) is 10.4.